The van der Waals surface area contributed by atoms with Crippen molar-refractivity contribution in [3.63, 3.8) is 0 Å². The lowest BCUT2D eigenvalue weighted by molar-refractivity contribution is 0.559. The van der Waals surface area contributed by atoms with Gasteiger partial charge in [-0.1, -0.05) is 0 Å². The third-order valence-corrected chi connectivity index (χ3v) is 3.69. The monoisotopic (exact) mass is 336 g/mol. The highest BCUT2D eigenvalue weighted by atomic mass is 16.3. The molecule has 0 aliphatic heterocycles. The number of benzene rings is 2. The van der Waals surface area contributed by atoms with Crippen LogP contribution < -0.4 is 11.1 Å². The predicted molar refractivity (Wildman–Crippen MR) is 89.6 cm³/mol. The first kappa shape index (κ1) is 14.9. The number of hydrogen-bond donors (Lipinski definition) is 0. The minimum Gasteiger partial charge on any atom is -0.441 e. The summed E-state index contributed by atoms with van der Waals surface area (Å²) < 4.78 is 11.0. The summed E-state index contributed by atoms with van der Waals surface area (Å²) in [6, 6.07) is 10.4. The van der Waals surface area contributed by atoms with Crippen molar-refractivity contribution in [2.24, 2.45) is 0 Å². The molecular weight excluding hydrogens is 332 g/mol. The van der Waals surface area contributed by atoms with Crippen LogP contribution in [0.1, 0.15) is 0 Å². The van der Waals surface area contributed by atoms with Gasteiger partial charge in [0.1, 0.15) is 36.3 Å². The molecule has 0 bridgehead atoms. The lowest BCUT2D eigenvalue weighted by Crippen LogP contribution is -2.03. The summed E-state index contributed by atoms with van der Waals surface area (Å²) in [5, 5.41) is 19.4. The summed E-state index contributed by atoms with van der Waals surface area (Å²) in [6.45, 7) is 14.0. The fraction of sp³-hybridized carbons (Fsp3) is 0. The van der Waals surface area contributed by atoms with Gasteiger partial charge in [0.15, 0.2) is 16.7 Å². The molecule has 0 N–H and O–H groups in total. The molecule has 8 heteroatoms. The standard InChI is InChI=1S/C18H4N6O2/c1-21-16(22-2)18-24-13-4-10-5-14-12(3-9(10)6-15(13)26-18)23-17(25-14)11(7-19)8-20/h3-6H. The molecule has 4 aromatic rings. The second kappa shape index (κ2) is 5.46. The summed E-state index contributed by atoms with van der Waals surface area (Å²) >= 11 is 0. The van der Waals surface area contributed by atoms with Gasteiger partial charge in [-0.3, -0.25) is 0 Å². The maximum Gasteiger partial charge on any atom is 0.582 e. The van der Waals surface area contributed by atoms with Crippen LogP contribution in [0.4, 0.5) is 0 Å². The molecule has 26 heavy (non-hydrogen) atoms. The minimum absolute atomic E-state index is 0.0216. The average Bonchev–Trinajstić information content (AvgIpc) is 3.23. The van der Waals surface area contributed by atoms with E-state index in [0.717, 1.165) is 10.8 Å². The minimum atomic E-state index is -0.235. The van der Waals surface area contributed by atoms with E-state index in [1.54, 1.807) is 36.4 Å². The van der Waals surface area contributed by atoms with Crippen LogP contribution in [0, 0.1) is 35.8 Å². The number of oxazole rings is 2. The summed E-state index contributed by atoms with van der Waals surface area (Å²) in [7, 11) is 0. The predicted octanol–water partition coefficient (Wildman–Crippen LogP) is 2.22. The second-order valence-electron chi connectivity index (χ2n) is 5.17. The highest BCUT2D eigenvalue weighted by molar-refractivity contribution is 6.00. The Balaban J connectivity index is 2.06. The SMILES string of the molecule is [C-]#[N+]C([N+]#[C-])=c1nc2cc3cc4oc(=C(C#N)C#N)nc4cc3cc2o1. The van der Waals surface area contributed by atoms with Gasteiger partial charge in [-0.25, -0.2) is 9.97 Å². The van der Waals surface area contributed by atoms with Gasteiger partial charge in [0.05, 0.1) is 0 Å². The topological polar surface area (TPSA) is 108 Å². The molecule has 8 nitrogen and oxygen atoms in total. The zero-order valence-electron chi connectivity index (χ0n) is 12.8. The summed E-state index contributed by atoms with van der Waals surface area (Å²) in [4.78, 5) is 14.5. The molecule has 2 heterocycles. The van der Waals surface area contributed by atoms with Gasteiger partial charge >= 0.3 is 11.4 Å². The van der Waals surface area contributed by atoms with Crippen molar-refractivity contribution < 1.29 is 8.83 Å². The normalized spacial score (nSPS) is 10.2. The Hall–Kier alpha value is -4.66. The van der Waals surface area contributed by atoms with Crippen molar-refractivity contribution in [1.29, 1.82) is 10.5 Å². The number of aromatic nitrogens is 2. The molecule has 0 amide bonds. The third-order valence-electron chi connectivity index (χ3n) is 3.69. The molecule has 0 radical (unpaired) electrons. The van der Waals surface area contributed by atoms with Crippen LogP contribution in [0.2, 0.25) is 0 Å². The van der Waals surface area contributed by atoms with Crippen molar-refractivity contribution >= 4 is 44.4 Å². The van der Waals surface area contributed by atoms with Crippen LogP contribution in [0.25, 0.3) is 54.1 Å². The van der Waals surface area contributed by atoms with E-state index in [1.165, 1.54) is 0 Å². The van der Waals surface area contributed by atoms with Crippen molar-refractivity contribution in [1.82, 2.24) is 9.97 Å². The first-order valence-corrected chi connectivity index (χ1v) is 7.11. The van der Waals surface area contributed by atoms with Crippen molar-refractivity contribution in [2.45, 2.75) is 0 Å². The Morgan fingerprint density at radius 1 is 0.846 bits per heavy atom. The van der Waals surface area contributed by atoms with Gasteiger partial charge < -0.3 is 8.83 Å². The molecule has 2 aromatic heterocycles. The van der Waals surface area contributed by atoms with E-state index < -0.39 is 0 Å². The maximum atomic E-state index is 8.93. The van der Waals surface area contributed by atoms with Crippen LogP contribution in [-0.2, 0) is 0 Å². The molecule has 0 unspecified atom stereocenters. The zero-order valence-corrected chi connectivity index (χ0v) is 12.8. The fourth-order valence-electron chi connectivity index (χ4n) is 2.54. The Kier molecular flexibility index (Phi) is 3.13. The summed E-state index contributed by atoms with van der Waals surface area (Å²) in [5.74, 6) is -0.235. The molecule has 0 saturated heterocycles. The van der Waals surface area contributed by atoms with Gasteiger partial charge in [0, 0.05) is 0 Å². The molecule has 0 atom stereocenters. The number of fused-ring (bicyclic) bond motifs is 3. The molecule has 0 fully saturated rings. The van der Waals surface area contributed by atoms with E-state index in [2.05, 4.69) is 19.7 Å². The number of hydrogen-bond acceptors (Lipinski definition) is 6. The van der Waals surface area contributed by atoms with Gasteiger partial charge in [-0.15, -0.1) is 9.69 Å². The number of rotatable bonds is 0. The third kappa shape index (κ3) is 2.12. The lowest BCUT2D eigenvalue weighted by Gasteiger charge is -1.96. The van der Waals surface area contributed by atoms with Crippen LogP contribution in [0.15, 0.2) is 33.1 Å². The molecule has 2 aromatic carbocycles. The fourth-order valence-corrected chi connectivity index (χ4v) is 2.54. The average molecular weight is 336 g/mol. The number of nitrogens with zero attached hydrogens (tertiary/aromatic N) is 6. The zero-order chi connectivity index (χ0) is 18.3. The van der Waals surface area contributed by atoms with Crippen molar-refractivity contribution in [3.8, 4) is 12.1 Å². The van der Waals surface area contributed by atoms with Crippen molar-refractivity contribution in [3.05, 3.63) is 58.2 Å². The number of nitriles is 2. The smallest absolute Gasteiger partial charge is 0.441 e. The van der Waals surface area contributed by atoms with Crippen LogP contribution in [0.3, 0.4) is 0 Å². The lowest BCUT2D eigenvalue weighted by atomic mass is 10.1. The molecule has 0 aliphatic carbocycles. The van der Waals surface area contributed by atoms with Crippen molar-refractivity contribution in [2.75, 3.05) is 0 Å². The van der Waals surface area contributed by atoms with Gasteiger partial charge in [0.2, 0.25) is 5.55 Å². The van der Waals surface area contributed by atoms with Crippen LogP contribution in [0.5, 0.6) is 0 Å². The maximum absolute atomic E-state index is 8.93. The second-order valence-corrected chi connectivity index (χ2v) is 5.17. The Morgan fingerprint density at radius 2 is 1.35 bits per heavy atom. The molecule has 4 rings (SSSR count). The van der Waals surface area contributed by atoms with E-state index in [0.29, 0.717) is 22.2 Å². The summed E-state index contributed by atoms with van der Waals surface area (Å²) in [6.07, 6.45) is 0. The Bertz CT molecular complexity index is 1310. The highest BCUT2D eigenvalue weighted by Gasteiger charge is 2.14. The van der Waals surface area contributed by atoms with E-state index >= 15 is 0 Å². The van der Waals surface area contributed by atoms with Gasteiger partial charge in [-0.2, -0.15) is 10.5 Å². The largest absolute Gasteiger partial charge is 0.582 e. The molecule has 0 saturated carbocycles. The molecular formula is C18H4N6O2. The van der Waals surface area contributed by atoms with Crippen LogP contribution >= 0.6 is 0 Å². The van der Waals surface area contributed by atoms with E-state index in [9.17, 15) is 0 Å². The Morgan fingerprint density at radius 3 is 1.85 bits per heavy atom. The quantitative estimate of drug-likeness (QED) is 0.456. The van der Waals surface area contributed by atoms with Gasteiger partial charge in [0.25, 0.3) is 0 Å². The molecule has 0 spiro atoms. The van der Waals surface area contributed by atoms with Gasteiger partial charge in [-0.05, 0) is 35.0 Å². The van der Waals surface area contributed by atoms with E-state index in [-0.39, 0.29) is 22.5 Å². The summed E-state index contributed by atoms with van der Waals surface area (Å²) in [5.41, 5.74) is 1.59. The van der Waals surface area contributed by atoms with E-state index in [4.69, 9.17) is 32.5 Å². The Labute approximate surface area is 144 Å². The highest BCUT2D eigenvalue weighted by Crippen LogP contribution is 2.25. The molecule has 0 aliphatic rings. The first-order chi connectivity index (χ1) is 12.7. The first-order valence-electron chi connectivity index (χ1n) is 7.11. The van der Waals surface area contributed by atoms with E-state index in [1.807, 2.05) is 0 Å². The molecule has 118 valence electrons. The van der Waals surface area contributed by atoms with Crippen LogP contribution in [-0.4, -0.2) is 9.97 Å².